The molecule has 2 aromatic carbocycles. The van der Waals surface area contributed by atoms with Crippen LogP contribution in [0.15, 0.2) is 54.7 Å². The molecule has 0 radical (unpaired) electrons. The zero-order valence-electron chi connectivity index (χ0n) is 19.0. The number of nitrogens with zero attached hydrogens (tertiary/aromatic N) is 1. The SMILES string of the molecule is CSCC[C@@H](NC(=O)c1cnc(CNC(=O)OCC2c3ccccc3-c3ccccc32)s1)C(=O)O. The molecule has 3 aromatic rings. The molecule has 1 atom stereocenters. The Hall–Kier alpha value is -3.37. The Labute approximate surface area is 211 Å². The average molecular weight is 512 g/mol. The molecule has 1 aliphatic rings. The zero-order valence-corrected chi connectivity index (χ0v) is 20.7. The van der Waals surface area contributed by atoms with Crippen LogP contribution >= 0.6 is 23.1 Å². The predicted molar refractivity (Wildman–Crippen MR) is 136 cm³/mol. The molecule has 0 aliphatic heterocycles. The van der Waals surface area contributed by atoms with Crippen molar-refractivity contribution in [1.29, 1.82) is 0 Å². The molecule has 10 heteroatoms. The lowest BCUT2D eigenvalue weighted by atomic mass is 9.98. The first-order valence-corrected chi connectivity index (χ1v) is 13.2. The van der Waals surface area contributed by atoms with E-state index in [0.29, 0.717) is 17.2 Å². The van der Waals surface area contributed by atoms with Crippen molar-refractivity contribution in [3.8, 4) is 11.1 Å². The van der Waals surface area contributed by atoms with Crippen LogP contribution in [0.4, 0.5) is 4.79 Å². The van der Waals surface area contributed by atoms with Gasteiger partial charge in [0.25, 0.3) is 5.91 Å². The highest BCUT2D eigenvalue weighted by atomic mass is 32.2. The number of carboxylic acids is 1. The minimum absolute atomic E-state index is 0.0309. The molecular weight excluding hydrogens is 486 g/mol. The lowest BCUT2D eigenvalue weighted by Crippen LogP contribution is -2.40. The number of amides is 2. The molecule has 3 N–H and O–H groups in total. The number of hydrogen-bond acceptors (Lipinski definition) is 7. The molecule has 1 aliphatic carbocycles. The summed E-state index contributed by atoms with van der Waals surface area (Å²) in [5.74, 6) is -0.982. The van der Waals surface area contributed by atoms with E-state index >= 15 is 0 Å². The number of fused-ring (bicyclic) bond motifs is 3. The quantitative estimate of drug-likeness (QED) is 0.375. The summed E-state index contributed by atoms with van der Waals surface area (Å²) in [6, 6.07) is 15.3. The second-order valence-electron chi connectivity index (χ2n) is 7.94. The van der Waals surface area contributed by atoms with E-state index in [1.807, 2.05) is 30.5 Å². The number of aromatic nitrogens is 1. The van der Waals surface area contributed by atoms with Crippen molar-refractivity contribution in [3.05, 3.63) is 75.7 Å². The lowest BCUT2D eigenvalue weighted by molar-refractivity contribution is -0.139. The second kappa shape index (κ2) is 11.4. The molecule has 0 unspecified atom stereocenters. The van der Waals surface area contributed by atoms with Crippen LogP contribution in [-0.2, 0) is 16.1 Å². The molecule has 0 spiro atoms. The number of thioether (sulfide) groups is 1. The minimum Gasteiger partial charge on any atom is -0.480 e. The highest BCUT2D eigenvalue weighted by molar-refractivity contribution is 7.98. The maximum atomic E-state index is 12.4. The van der Waals surface area contributed by atoms with Crippen LogP contribution in [0.3, 0.4) is 0 Å². The van der Waals surface area contributed by atoms with Gasteiger partial charge in [0.15, 0.2) is 0 Å². The molecular formula is C25H25N3O5S2. The normalized spacial score (nSPS) is 12.9. The van der Waals surface area contributed by atoms with Crippen LogP contribution in [0.25, 0.3) is 11.1 Å². The Morgan fingerprint density at radius 2 is 1.77 bits per heavy atom. The van der Waals surface area contributed by atoms with Gasteiger partial charge in [0.05, 0.1) is 12.7 Å². The third-order valence-corrected chi connectivity index (χ3v) is 7.36. The van der Waals surface area contributed by atoms with Gasteiger partial charge in [0.1, 0.15) is 22.5 Å². The van der Waals surface area contributed by atoms with Crippen molar-refractivity contribution in [3.63, 3.8) is 0 Å². The Balaban J connectivity index is 1.29. The summed E-state index contributed by atoms with van der Waals surface area (Å²) in [6.45, 7) is 0.307. The van der Waals surface area contributed by atoms with Crippen LogP contribution in [0.1, 0.15) is 38.1 Å². The fourth-order valence-corrected chi connectivity index (χ4v) is 5.25. The Kier molecular flexibility index (Phi) is 8.04. The van der Waals surface area contributed by atoms with Crippen molar-refractivity contribution in [2.24, 2.45) is 0 Å². The Morgan fingerprint density at radius 1 is 1.11 bits per heavy atom. The van der Waals surface area contributed by atoms with Gasteiger partial charge < -0.3 is 20.5 Å². The molecule has 35 heavy (non-hydrogen) atoms. The first kappa shape index (κ1) is 24.7. The van der Waals surface area contributed by atoms with Crippen LogP contribution in [-0.4, -0.2) is 52.7 Å². The third-order valence-electron chi connectivity index (χ3n) is 5.72. The van der Waals surface area contributed by atoms with Crippen molar-refractivity contribution < 1.29 is 24.2 Å². The molecule has 1 heterocycles. The van der Waals surface area contributed by atoms with Gasteiger partial charge in [-0.2, -0.15) is 11.8 Å². The van der Waals surface area contributed by atoms with E-state index in [0.717, 1.165) is 33.6 Å². The number of rotatable bonds is 10. The van der Waals surface area contributed by atoms with Crippen LogP contribution in [0.2, 0.25) is 0 Å². The summed E-state index contributed by atoms with van der Waals surface area (Å²) in [7, 11) is 0. The summed E-state index contributed by atoms with van der Waals surface area (Å²) in [5.41, 5.74) is 4.58. The fourth-order valence-electron chi connectivity index (χ4n) is 4.02. The van der Waals surface area contributed by atoms with Gasteiger partial charge in [-0.15, -0.1) is 11.3 Å². The highest BCUT2D eigenvalue weighted by Crippen LogP contribution is 2.44. The highest BCUT2D eigenvalue weighted by Gasteiger charge is 2.29. The predicted octanol–water partition coefficient (Wildman–Crippen LogP) is 4.12. The van der Waals surface area contributed by atoms with Gasteiger partial charge in [0.2, 0.25) is 0 Å². The van der Waals surface area contributed by atoms with E-state index in [1.54, 1.807) is 0 Å². The van der Waals surface area contributed by atoms with Crippen molar-refractivity contribution in [2.45, 2.75) is 24.9 Å². The first-order valence-electron chi connectivity index (χ1n) is 11.0. The number of carboxylic acid groups (broad SMARTS) is 1. The number of alkyl carbamates (subject to hydrolysis) is 1. The van der Waals surface area contributed by atoms with E-state index in [2.05, 4.69) is 39.9 Å². The van der Waals surface area contributed by atoms with E-state index in [-0.39, 0.29) is 23.9 Å². The van der Waals surface area contributed by atoms with Crippen molar-refractivity contribution >= 4 is 41.1 Å². The molecule has 4 rings (SSSR count). The largest absolute Gasteiger partial charge is 0.480 e. The number of benzene rings is 2. The van der Waals surface area contributed by atoms with E-state index in [4.69, 9.17) is 4.74 Å². The van der Waals surface area contributed by atoms with E-state index in [9.17, 15) is 19.5 Å². The molecule has 2 amide bonds. The second-order valence-corrected chi connectivity index (χ2v) is 10.0. The molecule has 0 saturated heterocycles. The van der Waals surface area contributed by atoms with E-state index < -0.39 is 24.0 Å². The van der Waals surface area contributed by atoms with Crippen LogP contribution < -0.4 is 10.6 Å². The summed E-state index contributed by atoms with van der Waals surface area (Å²) in [4.78, 5) is 40.5. The standard InChI is InChI=1S/C25H25N3O5S2/c1-34-11-10-20(24(30)31)28-23(29)21-12-26-22(35-21)13-27-25(32)33-14-19-17-8-4-2-6-15(17)16-7-3-5-9-18(16)19/h2-9,12,19-20H,10-11,13-14H2,1H3,(H,27,32)(H,28,29)(H,30,31)/t20-/m1/s1. The molecule has 0 saturated carbocycles. The molecule has 1 aromatic heterocycles. The average Bonchev–Trinajstić information content (AvgIpc) is 3.47. The number of thiazole rings is 1. The first-order chi connectivity index (χ1) is 17.0. The molecule has 0 fully saturated rings. The van der Waals surface area contributed by atoms with Crippen LogP contribution in [0, 0.1) is 0 Å². The van der Waals surface area contributed by atoms with E-state index in [1.165, 1.54) is 18.0 Å². The Morgan fingerprint density at radius 3 is 2.40 bits per heavy atom. The summed E-state index contributed by atoms with van der Waals surface area (Å²) >= 11 is 2.61. The van der Waals surface area contributed by atoms with Crippen LogP contribution in [0.5, 0.6) is 0 Å². The number of nitrogens with one attached hydrogen (secondary N) is 2. The Bertz CT molecular complexity index is 1180. The fraction of sp³-hybridized carbons (Fsp3) is 0.280. The smallest absolute Gasteiger partial charge is 0.407 e. The molecule has 182 valence electrons. The van der Waals surface area contributed by atoms with Crippen molar-refractivity contribution in [2.75, 3.05) is 18.6 Å². The van der Waals surface area contributed by atoms with Gasteiger partial charge in [0, 0.05) is 5.92 Å². The molecule has 8 nitrogen and oxygen atoms in total. The number of carbonyl (C=O) groups excluding carboxylic acids is 2. The maximum absolute atomic E-state index is 12.4. The van der Waals surface area contributed by atoms with Gasteiger partial charge >= 0.3 is 12.1 Å². The van der Waals surface area contributed by atoms with Crippen molar-refractivity contribution in [1.82, 2.24) is 15.6 Å². The maximum Gasteiger partial charge on any atom is 0.407 e. The van der Waals surface area contributed by atoms with Gasteiger partial charge in [-0.25, -0.2) is 14.6 Å². The van der Waals surface area contributed by atoms with Gasteiger partial charge in [-0.1, -0.05) is 48.5 Å². The summed E-state index contributed by atoms with van der Waals surface area (Å²) in [6.07, 6.45) is 3.01. The van der Waals surface area contributed by atoms with Gasteiger partial charge in [-0.3, -0.25) is 4.79 Å². The minimum atomic E-state index is -1.07. The number of aliphatic carboxylic acids is 1. The number of ether oxygens (including phenoxy) is 1. The zero-order chi connectivity index (χ0) is 24.8. The monoisotopic (exact) mass is 511 g/mol. The number of hydrogen-bond donors (Lipinski definition) is 3. The summed E-state index contributed by atoms with van der Waals surface area (Å²) < 4.78 is 5.51. The molecule has 0 bridgehead atoms. The third kappa shape index (κ3) is 5.83. The number of carbonyl (C=O) groups is 3. The lowest BCUT2D eigenvalue weighted by Gasteiger charge is -2.14. The summed E-state index contributed by atoms with van der Waals surface area (Å²) in [5, 5.41) is 15.0. The van der Waals surface area contributed by atoms with Gasteiger partial charge in [-0.05, 0) is 40.7 Å². The topological polar surface area (TPSA) is 118 Å².